The second kappa shape index (κ2) is 12.1. The van der Waals surface area contributed by atoms with E-state index in [0.29, 0.717) is 18.8 Å². The molecule has 2 aliphatic carbocycles. The number of hydrogen-bond donors (Lipinski definition) is 2. The van der Waals surface area contributed by atoms with Gasteiger partial charge in [0.15, 0.2) is 0 Å². The van der Waals surface area contributed by atoms with Crippen LogP contribution in [-0.2, 0) is 17.3 Å². The minimum absolute atomic E-state index is 0.0145. The van der Waals surface area contributed by atoms with Gasteiger partial charge in [0.2, 0.25) is 0 Å². The summed E-state index contributed by atoms with van der Waals surface area (Å²) in [4.78, 5) is 0. The molecule has 266 valence electrons. The van der Waals surface area contributed by atoms with Crippen molar-refractivity contribution >= 4 is 32.3 Å². The summed E-state index contributed by atoms with van der Waals surface area (Å²) in [5, 5.41) is 28.8. The highest BCUT2D eigenvalue weighted by Crippen LogP contribution is 2.54. The second-order valence-corrected chi connectivity index (χ2v) is 16.9. The van der Waals surface area contributed by atoms with Crippen LogP contribution in [0, 0.1) is 5.92 Å². The third kappa shape index (κ3) is 4.73. The molecule has 0 spiro atoms. The molecule has 0 bridgehead atoms. The van der Waals surface area contributed by atoms with Gasteiger partial charge in [-0.2, -0.15) is 0 Å². The average molecular weight is 703 g/mol. The molecule has 2 heteroatoms. The molecule has 1 atom stereocenters. The summed E-state index contributed by atoms with van der Waals surface area (Å²) in [7, 11) is 0. The molecule has 2 N–H and O–H groups in total. The SMILES string of the molecule is CC(C)Cc1cc2ccc3ccc(-c4ccc5c(c4)C(C)(C)c4cc(-c6ccc7c(c6)C(CO)(CCCO)c6ccccc6-7)ccc4-5)c4ccc(c1)c2c34. The molecule has 1 unspecified atom stereocenters. The van der Waals surface area contributed by atoms with Crippen LogP contribution in [0.4, 0.5) is 0 Å². The van der Waals surface area contributed by atoms with Gasteiger partial charge in [-0.05, 0) is 148 Å². The van der Waals surface area contributed by atoms with E-state index in [1.54, 1.807) is 0 Å². The van der Waals surface area contributed by atoms with Gasteiger partial charge in [-0.3, -0.25) is 0 Å². The van der Waals surface area contributed by atoms with Crippen LogP contribution in [0.2, 0.25) is 0 Å². The lowest BCUT2D eigenvalue weighted by molar-refractivity contribution is 0.197. The summed E-state index contributed by atoms with van der Waals surface area (Å²) in [6, 6.07) is 48.1. The highest BCUT2D eigenvalue weighted by molar-refractivity contribution is 6.25. The van der Waals surface area contributed by atoms with Crippen molar-refractivity contribution in [3.8, 4) is 44.5 Å². The van der Waals surface area contributed by atoms with E-state index in [-0.39, 0.29) is 18.6 Å². The Labute approximate surface area is 318 Å². The molecule has 0 aromatic heterocycles. The van der Waals surface area contributed by atoms with E-state index in [4.69, 9.17) is 0 Å². The van der Waals surface area contributed by atoms with Crippen LogP contribution in [0.1, 0.15) is 68.4 Å². The summed E-state index contributed by atoms with van der Waals surface area (Å²) in [6.45, 7) is 9.45. The molecule has 2 nitrogen and oxygen atoms in total. The number of rotatable bonds is 8. The van der Waals surface area contributed by atoms with Gasteiger partial charge in [0.25, 0.3) is 0 Å². The lowest BCUT2D eigenvalue weighted by Gasteiger charge is -2.30. The van der Waals surface area contributed by atoms with E-state index in [1.807, 2.05) is 0 Å². The van der Waals surface area contributed by atoms with E-state index in [1.165, 1.54) is 88.0 Å². The van der Waals surface area contributed by atoms with Crippen molar-refractivity contribution in [3.05, 3.63) is 155 Å². The lowest BCUT2D eigenvalue weighted by Crippen LogP contribution is -2.30. The van der Waals surface area contributed by atoms with Crippen molar-refractivity contribution in [2.75, 3.05) is 13.2 Å². The van der Waals surface area contributed by atoms with Gasteiger partial charge in [-0.1, -0.05) is 137 Å². The van der Waals surface area contributed by atoms with Crippen molar-refractivity contribution in [1.29, 1.82) is 0 Å². The van der Waals surface area contributed by atoms with Crippen LogP contribution in [0.15, 0.2) is 127 Å². The van der Waals surface area contributed by atoms with Crippen LogP contribution in [0.25, 0.3) is 76.8 Å². The summed E-state index contributed by atoms with van der Waals surface area (Å²) in [5.74, 6) is 0.624. The van der Waals surface area contributed by atoms with E-state index in [9.17, 15) is 10.2 Å². The Morgan fingerprint density at radius 1 is 0.519 bits per heavy atom. The monoisotopic (exact) mass is 702 g/mol. The van der Waals surface area contributed by atoms with Gasteiger partial charge in [-0.25, -0.2) is 0 Å². The Morgan fingerprint density at radius 2 is 1.07 bits per heavy atom. The fraction of sp³-hybridized carbons (Fsp3) is 0.231. The Balaban J connectivity index is 1.05. The van der Waals surface area contributed by atoms with E-state index in [0.717, 1.165) is 23.1 Å². The van der Waals surface area contributed by atoms with Gasteiger partial charge in [0, 0.05) is 17.4 Å². The number of hydrogen-bond acceptors (Lipinski definition) is 2. The zero-order valence-electron chi connectivity index (χ0n) is 31.6. The highest BCUT2D eigenvalue weighted by Gasteiger charge is 2.42. The third-order valence-corrected chi connectivity index (χ3v) is 12.9. The van der Waals surface area contributed by atoms with E-state index >= 15 is 0 Å². The molecule has 8 aromatic carbocycles. The molecular formula is C52H46O2. The number of benzene rings is 8. The Kier molecular flexibility index (Phi) is 7.47. The largest absolute Gasteiger partial charge is 0.396 e. The molecule has 0 heterocycles. The number of fused-ring (bicyclic) bond motifs is 6. The predicted octanol–water partition coefficient (Wildman–Crippen LogP) is 12.5. The number of aliphatic hydroxyl groups is 2. The normalized spacial score (nSPS) is 16.7. The van der Waals surface area contributed by atoms with Gasteiger partial charge < -0.3 is 10.2 Å². The van der Waals surface area contributed by atoms with Gasteiger partial charge in [-0.15, -0.1) is 0 Å². The topological polar surface area (TPSA) is 40.5 Å². The molecular weight excluding hydrogens is 657 g/mol. The first-order chi connectivity index (χ1) is 26.2. The maximum atomic E-state index is 11.0. The van der Waals surface area contributed by atoms with Crippen molar-refractivity contribution in [3.63, 3.8) is 0 Å². The van der Waals surface area contributed by atoms with Crippen LogP contribution < -0.4 is 0 Å². The first kappa shape index (κ1) is 33.3. The fourth-order valence-corrected chi connectivity index (χ4v) is 10.3. The summed E-state index contributed by atoms with van der Waals surface area (Å²) >= 11 is 0. The predicted molar refractivity (Wildman–Crippen MR) is 227 cm³/mol. The van der Waals surface area contributed by atoms with Crippen molar-refractivity contribution in [2.24, 2.45) is 5.92 Å². The molecule has 0 aliphatic heterocycles. The minimum Gasteiger partial charge on any atom is -0.396 e. The molecule has 2 aliphatic rings. The molecule has 0 radical (unpaired) electrons. The van der Waals surface area contributed by atoms with Gasteiger partial charge in [0.1, 0.15) is 0 Å². The molecule has 0 saturated carbocycles. The summed E-state index contributed by atoms with van der Waals surface area (Å²) in [5.41, 5.74) is 15.6. The standard InChI is InChI=1S/C52H46O2/c1-31(2)24-32-25-37-11-10-33-12-17-39(44-21-16-38(26-32)49(37)50(33)44)36-15-20-42-41-18-13-34(27-46(41)51(3,4)47(42)29-36)35-14-19-43-40-8-5-6-9-45(40)52(30-54,22-7-23-53)48(43)28-35/h5-6,8-21,25-29,31,53-54H,7,22-24,30H2,1-4H3. The van der Waals surface area contributed by atoms with E-state index < -0.39 is 5.41 Å². The van der Waals surface area contributed by atoms with Crippen molar-refractivity contribution in [2.45, 2.75) is 57.8 Å². The molecule has 10 rings (SSSR count). The van der Waals surface area contributed by atoms with E-state index in [2.05, 4.69) is 155 Å². The van der Waals surface area contributed by atoms with Crippen LogP contribution in [-0.4, -0.2) is 23.4 Å². The molecule has 0 amide bonds. The molecule has 0 saturated heterocycles. The molecule has 8 aromatic rings. The lowest BCUT2D eigenvalue weighted by atomic mass is 9.74. The quantitative estimate of drug-likeness (QED) is 0.155. The smallest absolute Gasteiger partial charge is 0.0569 e. The average Bonchev–Trinajstić information content (AvgIpc) is 3.59. The summed E-state index contributed by atoms with van der Waals surface area (Å²) < 4.78 is 0. The van der Waals surface area contributed by atoms with Crippen LogP contribution in [0.5, 0.6) is 0 Å². The van der Waals surface area contributed by atoms with Crippen LogP contribution in [0.3, 0.4) is 0 Å². The van der Waals surface area contributed by atoms with Gasteiger partial charge >= 0.3 is 0 Å². The zero-order valence-corrected chi connectivity index (χ0v) is 31.6. The fourth-order valence-electron chi connectivity index (χ4n) is 10.3. The molecule has 0 fully saturated rings. The summed E-state index contributed by atoms with van der Waals surface area (Å²) in [6.07, 6.45) is 2.43. The first-order valence-electron chi connectivity index (χ1n) is 19.7. The van der Waals surface area contributed by atoms with Crippen molar-refractivity contribution < 1.29 is 10.2 Å². The highest BCUT2D eigenvalue weighted by atomic mass is 16.3. The number of aliphatic hydroxyl groups excluding tert-OH is 2. The third-order valence-electron chi connectivity index (χ3n) is 12.9. The second-order valence-electron chi connectivity index (χ2n) is 16.9. The Morgan fingerprint density at radius 3 is 1.76 bits per heavy atom. The minimum atomic E-state index is -0.519. The Hall–Kier alpha value is -5.28. The molecule has 54 heavy (non-hydrogen) atoms. The van der Waals surface area contributed by atoms with Crippen molar-refractivity contribution in [1.82, 2.24) is 0 Å². The maximum Gasteiger partial charge on any atom is 0.0569 e. The maximum absolute atomic E-state index is 11.0. The van der Waals surface area contributed by atoms with Gasteiger partial charge in [0.05, 0.1) is 6.61 Å². The first-order valence-corrected chi connectivity index (χ1v) is 19.7. The zero-order chi connectivity index (χ0) is 36.9. The van der Waals surface area contributed by atoms with Crippen LogP contribution >= 0.6 is 0 Å². The Bertz CT molecular complexity index is 2770.